The summed E-state index contributed by atoms with van der Waals surface area (Å²) in [5.41, 5.74) is 10.8. The van der Waals surface area contributed by atoms with Crippen LogP contribution >= 0.6 is 0 Å². The smallest absolute Gasteiger partial charge is 0.179 e. The van der Waals surface area contributed by atoms with Crippen LogP contribution in [0.3, 0.4) is 0 Å². The summed E-state index contributed by atoms with van der Waals surface area (Å²) >= 11 is 0. The second-order valence-corrected chi connectivity index (χ2v) is 20.2. The zero-order valence-electron chi connectivity index (χ0n) is 35.1. The molecule has 0 spiro atoms. The quantitative estimate of drug-likeness (QED) is 0.107. The van der Waals surface area contributed by atoms with Gasteiger partial charge in [-0.25, -0.2) is 0 Å². The molecule has 0 saturated carbocycles. The van der Waals surface area contributed by atoms with Crippen molar-refractivity contribution in [3.05, 3.63) is 255 Å². The molecule has 4 heteroatoms. The van der Waals surface area contributed by atoms with Gasteiger partial charge in [0.25, 0.3) is 0 Å². The average Bonchev–Trinajstić information content (AvgIpc) is 3.93. The van der Waals surface area contributed by atoms with Crippen molar-refractivity contribution in [2.24, 2.45) is 0 Å². The van der Waals surface area contributed by atoms with Crippen LogP contribution in [-0.4, -0.2) is 12.6 Å². The molecular formula is C60H42N2OSi. The molecule has 0 aliphatic carbocycles. The van der Waals surface area contributed by atoms with Gasteiger partial charge in [0, 0.05) is 33.2 Å². The van der Waals surface area contributed by atoms with Crippen LogP contribution in [0, 0.1) is 0 Å². The van der Waals surface area contributed by atoms with Crippen molar-refractivity contribution in [1.82, 2.24) is 4.57 Å². The number of nitrogens with zero attached hydrogens (tertiary/aromatic N) is 2. The third-order valence-electron chi connectivity index (χ3n) is 12.9. The van der Waals surface area contributed by atoms with E-state index >= 15 is 0 Å². The highest BCUT2D eigenvalue weighted by molar-refractivity contribution is 7.19. The Kier molecular flexibility index (Phi) is 9.17. The van der Waals surface area contributed by atoms with Crippen LogP contribution in [0.4, 0.5) is 17.1 Å². The minimum absolute atomic E-state index is 0.861. The van der Waals surface area contributed by atoms with E-state index in [9.17, 15) is 0 Å². The lowest BCUT2D eigenvalue weighted by atomic mass is 9.99. The Labute approximate surface area is 373 Å². The Bertz CT molecular complexity index is 3500. The van der Waals surface area contributed by atoms with Gasteiger partial charge in [-0.05, 0) is 98.6 Å². The summed E-state index contributed by atoms with van der Waals surface area (Å²) in [5, 5.41) is 9.99. The molecule has 2 aromatic heterocycles. The summed E-state index contributed by atoms with van der Waals surface area (Å²) in [5.74, 6) is 0. The third-order valence-corrected chi connectivity index (χ3v) is 17.7. The average molecular weight is 835 g/mol. The molecule has 12 aromatic rings. The standard InChI is InChI=1S/C60H42N2OSi/c1-5-20-44(21-6-1)62-54-33-15-13-30-52(54)59-51(32-18-34-55(59)62)43-38-40-45(41-39-43)61(56-35-19-37-58-60(56)53-31-14-16-36-57(53)63-58)46-22-17-29-50(42-46)64(47-23-7-2-8-24-47,48-25-9-3-10-26-48)49-27-11-4-12-28-49/h1-42H. The van der Waals surface area contributed by atoms with Gasteiger partial charge < -0.3 is 13.9 Å². The molecule has 0 N–H and O–H groups in total. The van der Waals surface area contributed by atoms with Crippen molar-refractivity contribution in [2.45, 2.75) is 0 Å². The minimum atomic E-state index is -2.83. The number of aromatic nitrogens is 1. The number of anilines is 3. The third kappa shape index (κ3) is 6.03. The number of benzene rings is 10. The van der Waals surface area contributed by atoms with E-state index in [1.807, 2.05) is 6.07 Å². The lowest BCUT2D eigenvalue weighted by Crippen LogP contribution is -2.74. The zero-order chi connectivity index (χ0) is 42.5. The van der Waals surface area contributed by atoms with Gasteiger partial charge in [-0.1, -0.05) is 188 Å². The van der Waals surface area contributed by atoms with Crippen LogP contribution in [-0.2, 0) is 0 Å². The van der Waals surface area contributed by atoms with Gasteiger partial charge in [0.05, 0.1) is 22.1 Å². The van der Waals surface area contributed by atoms with E-state index in [2.05, 4.69) is 258 Å². The summed E-state index contributed by atoms with van der Waals surface area (Å²) in [6.07, 6.45) is 0. The molecule has 0 bridgehead atoms. The van der Waals surface area contributed by atoms with Gasteiger partial charge in [-0.3, -0.25) is 0 Å². The first-order valence-electron chi connectivity index (χ1n) is 21.9. The van der Waals surface area contributed by atoms with E-state index in [1.54, 1.807) is 0 Å². The monoisotopic (exact) mass is 834 g/mol. The first-order valence-corrected chi connectivity index (χ1v) is 23.9. The Morgan fingerprint density at radius 1 is 0.359 bits per heavy atom. The van der Waals surface area contributed by atoms with E-state index in [1.165, 1.54) is 48.1 Å². The van der Waals surface area contributed by atoms with Crippen LogP contribution in [0.5, 0.6) is 0 Å². The van der Waals surface area contributed by atoms with Gasteiger partial charge in [0.15, 0.2) is 8.07 Å². The SMILES string of the molecule is c1ccc(-n2c3ccccc3c3c(-c4ccc(N(c5cccc([Si](c6ccccc6)(c6ccccc6)c6ccccc6)c5)c5cccc6oc7ccccc7c56)cc4)cccc32)cc1. The molecule has 0 radical (unpaired) electrons. The van der Waals surface area contributed by atoms with Crippen molar-refractivity contribution in [2.75, 3.05) is 4.90 Å². The number of hydrogen-bond donors (Lipinski definition) is 0. The number of furan rings is 1. The van der Waals surface area contributed by atoms with Crippen molar-refractivity contribution in [1.29, 1.82) is 0 Å². The van der Waals surface area contributed by atoms with E-state index in [-0.39, 0.29) is 0 Å². The molecule has 64 heavy (non-hydrogen) atoms. The summed E-state index contributed by atoms with van der Waals surface area (Å²) < 4.78 is 8.92. The fraction of sp³-hybridized carbons (Fsp3) is 0. The normalized spacial score (nSPS) is 11.8. The molecule has 0 aliphatic rings. The lowest BCUT2D eigenvalue weighted by molar-refractivity contribution is 0.669. The zero-order valence-corrected chi connectivity index (χ0v) is 36.1. The molecule has 0 saturated heterocycles. The first kappa shape index (κ1) is 37.6. The Balaban J connectivity index is 1.08. The molecule has 0 atom stereocenters. The van der Waals surface area contributed by atoms with E-state index in [0.29, 0.717) is 0 Å². The molecular weight excluding hydrogens is 793 g/mol. The van der Waals surface area contributed by atoms with E-state index in [4.69, 9.17) is 4.42 Å². The molecule has 0 unspecified atom stereocenters. The predicted octanol–water partition coefficient (Wildman–Crippen LogP) is 13.2. The van der Waals surface area contributed by atoms with Crippen LogP contribution in [0.15, 0.2) is 259 Å². The molecule has 3 nitrogen and oxygen atoms in total. The van der Waals surface area contributed by atoms with Gasteiger partial charge in [-0.15, -0.1) is 0 Å². The maximum atomic E-state index is 6.53. The van der Waals surface area contributed by atoms with Crippen molar-refractivity contribution in [3.8, 4) is 16.8 Å². The van der Waals surface area contributed by atoms with Crippen LogP contribution in [0.2, 0.25) is 0 Å². The molecule has 12 rings (SSSR count). The van der Waals surface area contributed by atoms with Gasteiger partial charge in [0.2, 0.25) is 0 Å². The predicted molar refractivity (Wildman–Crippen MR) is 272 cm³/mol. The molecule has 0 aliphatic heterocycles. The number of hydrogen-bond acceptors (Lipinski definition) is 2. The molecule has 0 fully saturated rings. The van der Waals surface area contributed by atoms with E-state index in [0.717, 1.165) is 50.3 Å². The first-order chi connectivity index (χ1) is 31.8. The largest absolute Gasteiger partial charge is 0.456 e. The fourth-order valence-corrected chi connectivity index (χ4v) is 15.0. The highest BCUT2D eigenvalue weighted by Crippen LogP contribution is 2.44. The maximum absolute atomic E-state index is 6.53. The van der Waals surface area contributed by atoms with Crippen molar-refractivity contribution >= 4 is 89.6 Å². The highest BCUT2D eigenvalue weighted by atomic mass is 28.3. The van der Waals surface area contributed by atoms with Crippen LogP contribution in [0.1, 0.15) is 0 Å². The molecule has 0 amide bonds. The number of para-hydroxylation sites is 3. The Morgan fingerprint density at radius 3 is 1.58 bits per heavy atom. The van der Waals surface area contributed by atoms with Crippen LogP contribution in [0.25, 0.3) is 60.6 Å². The summed E-state index contributed by atoms with van der Waals surface area (Å²) in [7, 11) is -2.83. The molecule has 10 aromatic carbocycles. The van der Waals surface area contributed by atoms with Crippen LogP contribution < -0.4 is 25.6 Å². The second kappa shape index (κ2) is 15.6. The van der Waals surface area contributed by atoms with Crippen molar-refractivity contribution < 1.29 is 4.42 Å². The molecule has 302 valence electrons. The number of fused-ring (bicyclic) bond motifs is 6. The second-order valence-electron chi connectivity index (χ2n) is 16.4. The summed E-state index contributed by atoms with van der Waals surface area (Å²) in [6, 6.07) is 92.9. The van der Waals surface area contributed by atoms with E-state index < -0.39 is 8.07 Å². The lowest BCUT2D eigenvalue weighted by Gasteiger charge is -2.35. The molecule has 2 heterocycles. The van der Waals surface area contributed by atoms with Gasteiger partial charge >= 0.3 is 0 Å². The van der Waals surface area contributed by atoms with Crippen molar-refractivity contribution in [3.63, 3.8) is 0 Å². The highest BCUT2D eigenvalue weighted by Gasteiger charge is 2.41. The summed E-state index contributed by atoms with van der Waals surface area (Å²) in [4.78, 5) is 2.43. The van der Waals surface area contributed by atoms with Gasteiger partial charge in [0.1, 0.15) is 11.2 Å². The van der Waals surface area contributed by atoms with Gasteiger partial charge in [-0.2, -0.15) is 0 Å². The Hall–Kier alpha value is -8.18. The Morgan fingerprint density at radius 2 is 0.891 bits per heavy atom. The topological polar surface area (TPSA) is 21.3 Å². The summed E-state index contributed by atoms with van der Waals surface area (Å²) in [6.45, 7) is 0. The minimum Gasteiger partial charge on any atom is -0.456 e. The maximum Gasteiger partial charge on any atom is 0.179 e. The number of rotatable bonds is 9. The fourth-order valence-electron chi connectivity index (χ4n) is 10.2.